The number of fused-ring (bicyclic) bond motifs is 6. The Balaban J connectivity index is 0.00000180. The predicted molar refractivity (Wildman–Crippen MR) is 110 cm³/mol. The third-order valence-corrected chi connectivity index (χ3v) is 8.05. The quantitative estimate of drug-likeness (QED) is 0.663. The Morgan fingerprint density at radius 2 is 1.93 bits per heavy atom. The lowest BCUT2D eigenvalue weighted by Gasteiger charge is -2.23. The van der Waals surface area contributed by atoms with Crippen LogP contribution >= 0.6 is 24.0 Å². The number of benzene rings is 2. The number of nitrogens with one attached hydrogen (secondary N) is 1. The summed E-state index contributed by atoms with van der Waals surface area (Å²) < 4.78 is 28.5. The highest BCUT2D eigenvalue weighted by Crippen LogP contribution is 2.42. The summed E-state index contributed by atoms with van der Waals surface area (Å²) in [5, 5.41) is 4.96. The van der Waals surface area contributed by atoms with Gasteiger partial charge in [-0.15, -0.1) is 12.4 Å². The molecule has 1 saturated heterocycles. The van der Waals surface area contributed by atoms with Crippen LogP contribution in [0.15, 0.2) is 52.3 Å². The average Bonchev–Trinajstić information content (AvgIpc) is 3.14. The molecule has 142 valence electrons. The van der Waals surface area contributed by atoms with E-state index in [4.69, 9.17) is 11.6 Å². The third-order valence-electron chi connectivity index (χ3n) is 5.80. The van der Waals surface area contributed by atoms with Gasteiger partial charge in [0.25, 0.3) is 0 Å². The molecule has 3 aromatic rings. The average molecular weight is 423 g/mol. The highest BCUT2D eigenvalue weighted by Gasteiger charge is 2.36. The van der Waals surface area contributed by atoms with E-state index >= 15 is 0 Å². The Morgan fingerprint density at radius 3 is 2.70 bits per heavy atom. The first-order valence-corrected chi connectivity index (χ1v) is 10.7. The van der Waals surface area contributed by atoms with Crippen molar-refractivity contribution in [2.75, 3.05) is 0 Å². The first kappa shape index (κ1) is 18.8. The fraction of sp³-hybridized carbons (Fsp3) is 0.300. The number of sulfone groups is 1. The normalized spacial score (nSPS) is 21.1. The minimum Gasteiger partial charge on any atom is -0.347 e. The molecule has 1 N–H and O–H groups in total. The zero-order chi connectivity index (χ0) is 18.1. The van der Waals surface area contributed by atoms with E-state index in [1.165, 1.54) is 17.7 Å². The van der Waals surface area contributed by atoms with Gasteiger partial charge < -0.3 is 9.88 Å². The summed E-state index contributed by atoms with van der Waals surface area (Å²) in [6.07, 6.45) is 3.29. The number of aromatic nitrogens is 1. The fourth-order valence-corrected chi connectivity index (χ4v) is 6.34. The van der Waals surface area contributed by atoms with Gasteiger partial charge >= 0.3 is 0 Å². The van der Waals surface area contributed by atoms with Crippen molar-refractivity contribution in [3.05, 3.63) is 58.7 Å². The highest BCUT2D eigenvalue weighted by molar-refractivity contribution is 7.91. The molecule has 2 aromatic carbocycles. The van der Waals surface area contributed by atoms with Crippen molar-refractivity contribution in [3.63, 3.8) is 0 Å². The van der Waals surface area contributed by atoms with Gasteiger partial charge in [0.2, 0.25) is 9.84 Å². The third kappa shape index (κ3) is 2.71. The number of rotatable bonds is 2. The molecule has 27 heavy (non-hydrogen) atoms. The van der Waals surface area contributed by atoms with E-state index in [1.807, 2.05) is 12.1 Å². The molecule has 2 aliphatic rings. The molecular formula is C20H20Cl2N2O2S. The van der Waals surface area contributed by atoms with E-state index in [0.717, 1.165) is 23.7 Å². The van der Waals surface area contributed by atoms with E-state index in [0.29, 0.717) is 17.0 Å². The Bertz CT molecular complexity index is 1150. The van der Waals surface area contributed by atoms with Gasteiger partial charge in [0.15, 0.2) is 0 Å². The zero-order valence-electron chi connectivity index (χ0n) is 14.8. The summed E-state index contributed by atoms with van der Waals surface area (Å²) >= 11 is 6.15. The second-order valence-corrected chi connectivity index (χ2v) is 9.56. The lowest BCUT2D eigenvalue weighted by Crippen LogP contribution is -2.32. The molecule has 2 aliphatic heterocycles. The van der Waals surface area contributed by atoms with Crippen molar-refractivity contribution in [1.29, 1.82) is 0 Å². The van der Waals surface area contributed by atoms with E-state index in [-0.39, 0.29) is 22.3 Å². The first-order chi connectivity index (χ1) is 12.5. The van der Waals surface area contributed by atoms with Crippen molar-refractivity contribution in [1.82, 2.24) is 9.88 Å². The molecule has 0 aliphatic carbocycles. The minimum absolute atomic E-state index is 0. The highest BCUT2D eigenvalue weighted by atomic mass is 35.5. The zero-order valence-corrected chi connectivity index (χ0v) is 17.2. The van der Waals surface area contributed by atoms with Gasteiger partial charge in [0.1, 0.15) is 0 Å². The molecule has 0 amide bonds. The molecule has 0 spiro atoms. The van der Waals surface area contributed by atoms with Crippen molar-refractivity contribution in [2.24, 2.45) is 7.05 Å². The van der Waals surface area contributed by atoms with Crippen molar-refractivity contribution < 1.29 is 8.42 Å². The number of halogens is 2. The van der Waals surface area contributed by atoms with Crippen LogP contribution in [0, 0.1) is 0 Å². The SMILES string of the molecule is Cl.Cn1c2c(c3cc(S(=O)(=O)c4ccccc4Cl)ccc31)C1CCC(C2)N1. The summed E-state index contributed by atoms with van der Waals surface area (Å²) in [7, 11) is -1.58. The Kier molecular flexibility index (Phi) is 4.54. The number of hydrogen-bond acceptors (Lipinski definition) is 3. The summed E-state index contributed by atoms with van der Waals surface area (Å²) in [6, 6.07) is 12.9. The maximum absolute atomic E-state index is 13.1. The van der Waals surface area contributed by atoms with Crippen LogP contribution in [0.2, 0.25) is 5.02 Å². The van der Waals surface area contributed by atoms with E-state index < -0.39 is 9.84 Å². The Morgan fingerprint density at radius 1 is 1.15 bits per heavy atom. The fourth-order valence-electron chi connectivity index (χ4n) is 4.54. The van der Waals surface area contributed by atoms with Crippen LogP contribution in [0.25, 0.3) is 10.9 Å². The molecule has 0 saturated carbocycles. The van der Waals surface area contributed by atoms with Crippen LogP contribution in [-0.4, -0.2) is 19.0 Å². The Labute approximate surface area is 169 Å². The molecule has 4 nitrogen and oxygen atoms in total. The molecule has 0 radical (unpaired) electrons. The topological polar surface area (TPSA) is 51.1 Å². The van der Waals surface area contributed by atoms with Gasteiger partial charge in [0, 0.05) is 42.1 Å². The van der Waals surface area contributed by atoms with Crippen molar-refractivity contribution >= 4 is 44.7 Å². The summed E-state index contributed by atoms with van der Waals surface area (Å²) in [6.45, 7) is 0. The molecule has 1 fully saturated rings. The van der Waals surface area contributed by atoms with Gasteiger partial charge in [-0.25, -0.2) is 8.42 Å². The van der Waals surface area contributed by atoms with Crippen LogP contribution in [0.4, 0.5) is 0 Å². The van der Waals surface area contributed by atoms with Gasteiger partial charge in [-0.2, -0.15) is 0 Å². The minimum atomic E-state index is -3.65. The Hall–Kier alpha value is -1.53. The van der Waals surface area contributed by atoms with Crippen LogP contribution in [0.3, 0.4) is 0 Å². The second kappa shape index (κ2) is 6.52. The lowest BCUT2D eigenvalue weighted by molar-refractivity contribution is 0.503. The maximum atomic E-state index is 13.1. The van der Waals surface area contributed by atoms with Gasteiger partial charge in [-0.1, -0.05) is 23.7 Å². The van der Waals surface area contributed by atoms with Crippen LogP contribution < -0.4 is 5.32 Å². The van der Waals surface area contributed by atoms with Gasteiger partial charge in [0.05, 0.1) is 14.8 Å². The van der Waals surface area contributed by atoms with E-state index in [9.17, 15) is 8.42 Å². The first-order valence-electron chi connectivity index (χ1n) is 8.83. The standard InChI is InChI=1S/C20H19ClN2O2S.ClH/c1-23-17-9-7-13(26(24,25)19-5-3-2-4-15(19)21)11-14(17)20-16-8-6-12(22-16)10-18(20)23;/h2-5,7,9,11-12,16,22H,6,8,10H2,1H3;1H. The predicted octanol–water partition coefficient (Wildman–Crippen LogP) is 4.44. The van der Waals surface area contributed by atoms with Crippen molar-refractivity contribution in [3.8, 4) is 0 Å². The number of aryl methyl sites for hydroxylation is 1. The summed E-state index contributed by atoms with van der Waals surface area (Å²) in [5.41, 5.74) is 3.69. The lowest BCUT2D eigenvalue weighted by atomic mass is 9.99. The number of nitrogens with zero attached hydrogens (tertiary/aromatic N) is 1. The molecule has 2 unspecified atom stereocenters. The van der Waals surface area contributed by atoms with Crippen LogP contribution in [0.1, 0.15) is 30.1 Å². The molecule has 2 atom stereocenters. The largest absolute Gasteiger partial charge is 0.347 e. The molecule has 2 bridgehead atoms. The monoisotopic (exact) mass is 422 g/mol. The number of hydrogen-bond donors (Lipinski definition) is 1. The molecule has 7 heteroatoms. The molecule has 3 heterocycles. The van der Waals surface area contributed by atoms with Gasteiger partial charge in [-0.3, -0.25) is 0 Å². The summed E-state index contributed by atoms with van der Waals surface area (Å²) in [5.74, 6) is 0. The van der Waals surface area contributed by atoms with Gasteiger partial charge in [-0.05, 0) is 48.7 Å². The smallest absolute Gasteiger partial charge is 0.208 e. The van der Waals surface area contributed by atoms with Crippen LogP contribution in [0.5, 0.6) is 0 Å². The van der Waals surface area contributed by atoms with E-state index in [1.54, 1.807) is 30.3 Å². The maximum Gasteiger partial charge on any atom is 0.208 e. The van der Waals surface area contributed by atoms with Crippen molar-refractivity contribution in [2.45, 2.75) is 41.1 Å². The molecule has 1 aromatic heterocycles. The summed E-state index contributed by atoms with van der Waals surface area (Å²) in [4.78, 5) is 0.455. The van der Waals surface area contributed by atoms with Crippen LogP contribution in [-0.2, 0) is 23.3 Å². The molecular weight excluding hydrogens is 403 g/mol. The van der Waals surface area contributed by atoms with E-state index in [2.05, 4.69) is 16.9 Å². The molecule has 5 rings (SSSR count). The second-order valence-electron chi connectivity index (χ2n) is 7.23.